The van der Waals surface area contributed by atoms with Crippen LogP contribution in [0.25, 0.3) is 0 Å². The number of aliphatic hydroxyl groups is 1. The van der Waals surface area contributed by atoms with Crippen LogP contribution in [-0.2, 0) is 16.2 Å². The fraction of sp³-hybridized carbons (Fsp3) is 0.364. The number of carboxylic acids is 1. The predicted molar refractivity (Wildman–Crippen MR) is 58.3 cm³/mol. The summed E-state index contributed by atoms with van der Waals surface area (Å²) < 4.78 is 0. The third-order valence-electron chi connectivity index (χ3n) is 2.82. The number of hydrogen-bond donors (Lipinski definition) is 2. The van der Waals surface area contributed by atoms with Gasteiger partial charge in [0.2, 0.25) is 5.91 Å². The quantitative estimate of drug-likeness (QED) is 0.771. The monoisotopic (exact) mass is 236 g/mol. The van der Waals surface area contributed by atoms with Crippen molar-refractivity contribution in [1.29, 1.82) is 0 Å². The maximum absolute atomic E-state index is 11.7. The van der Waals surface area contributed by atoms with Gasteiger partial charge in [0.1, 0.15) is 0 Å². The number of hydrogen-bond acceptors (Lipinski definition) is 4. The lowest BCUT2D eigenvalue weighted by Gasteiger charge is -2.18. The van der Waals surface area contributed by atoms with Gasteiger partial charge in [-0.2, -0.15) is 0 Å². The average molecular weight is 236 g/mol. The Hall–Kier alpha value is -1.95. The van der Waals surface area contributed by atoms with E-state index in [0.717, 1.165) is 0 Å². The van der Waals surface area contributed by atoms with Gasteiger partial charge in [0.25, 0.3) is 0 Å². The fourth-order valence-electron chi connectivity index (χ4n) is 1.90. The smallest absolute Gasteiger partial charge is 0.308 e. The molecule has 1 unspecified atom stereocenters. The van der Waals surface area contributed by atoms with Crippen LogP contribution < -0.4 is 4.90 Å². The molecule has 0 radical (unpaired) electrons. The lowest BCUT2D eigenvalue weighted by molar-refractivity contribution is -0.141. The van der Waals surface area contributed by atoms with Crippen molar-refractivity contribution in [3.05, 3.63) is 24.0 Å². The van der Waals surface area contributed by atoms with Crippen molar-refractivity contribution < 1.29 is 19.8 Å². The molecule has 2 rings (SSSR count). The molecule has 1 saturated heterocycles. The molecule has 1 aliphatic heterocycles. The number of nitrogens with zero attached hydrogens (tertiary/aromatic N) is 2. The van der Waals surface area contributed by atoms with Gasteiger partial charge in [0, 0.05) is 24.7 Å². The second-order valence-corrected chi connectivity index (χ2v) is 3.91. The highest BCUT2D eigenvalue weighted by molar-refractivity contribution is 5.99. The van der Waals surface area contributed by atoms with Crippen LogP contribution in [0.4, 0.5) is 5.69 Å². The van der Waals surface area contributed by atoms with E-state index in [4.69, 9.17) is 10.2 Å². The second-order valence-electron chi connectivity index (χ2n) is 3.91. The van der Waals surface area contributed by atoms with Crippen LogP contribution in [0, 0.1) is 5.92 Å². The molecule has 6 heteroatoms. The summed E-state index contributed by atoms with van der Waals surface area (Å²) in [4.78, 5) is 27.8. The number of aliphatic hydroxyl groups excluding tert-OH is 1. The van der Waals surface area contributed by atoms with Crippen molar-refractivity contribution in [2.45, 2.75) is 13.0 Å². The Morgan fingerprint density at radius 3 is 2.94 bits per heavy atom. The zero-order valence-electron chi connectivity index (χ0n) is 9.04. The molecule has 1 aliphatic rings. The first-order chi connectivity index (χ1) is 8.13. The van der Waals surface area contributed by atoms with Crippen molar-refractivity contribution in [3.8, 4) is 0 Å². The van der Waals surface area contributed by atoms with Crippen molar-refractivity contribution in [3.63, 3.8) is 0 Å². The van der Waals surface area contributed by atoms with E-state index in [0.29, 0.717) is 11.3 Å². The molecule has 0 bridgehead atoms. The van der Waals surface area contributed by atoms with Gasteiger partial charge in [0.15, 0.2) is 0 Å². The van der Waals surface area contributed by atoms with E-state index in [1.165, 1.54) is 17.3 Å². The number of rotatable bonds is 3. The maximum Gasteiger partial charge on any atom is 0.308 e. The van der Waals surface area contributed by atoms with E-state index in [2.05, 4.69) is 4.98 Å². The van der Waals surface area contributed by atoms with Crippen LogP contribution in [0.3, 0.4) is 0 Å². The first-order valence-corrected chi connectivity index (χ1v) is 5.20. The standard InChI is InChI=1S/C11H12N2O4/c14-6-7-1-2-12-4-9(7)13-5-8(11(16)17)3-10(13)15/h1-2,4,8,14H,3,5-6H2,(H,16,17). The minimum absolute atomic E-state index is 0.00486. The van der Waals surface area contributed by atoms with Crippen molar-refractivity contribution >= 4 is 17.6 Å². The molecule has 17 heavy (non-hydrogen) atoms. The summed E-state index contributed by atoms with van der Waals surface area (Å²) in [6, 6.07) is 1.61. The van der Waals surface area contributed by atoms with Crippen LogP contribution in [-0.4, -0.2) is 33.6 Å². The normalized spacial score (nSPS) is 19.7. The number of carbonyl (C=O) groups excluding carboxylic acids is 1. The number of carbonyl (C=O) groups is 2. The molecule has 1 aromatic rings. The number of carboxylic acid groups (broad SMARTS) is 1. The number of anilines is 1. The van der Waals surface area contributed by atoms with Gasteiger partial charge >= 0.3 is 5.97 Å². The Bertz CT molecular complexity index is 461. The second kappa shape index (κ2) is 4.50. The Labute approximate surface area is 97.5 Å². The van der Waals surface area contributed by atoms with E-state index in [9.17, 15) is 9.59 Å². The van der Waals surface area contributed by atoms with Gasteiger partial charge in [0.05, 0.1) is 24.4 Å². The molecule has 0 aliphatic carbocycles. The molecule has 90 valence electrons. The summed E-state index contributed by atoms with van der Waals surface area (Å²) in [5.74, 6) is -1.91. The first kappa shape index (κ1) is 11.5. The average Bonchev–Trinajstić information content (AvgIpc) is 2.71. The Kier molecular flexibility index (Phi) is 3.06. The number of pyridine rings is 1. The summed E-state index contributed by atoms with van der Waals surface area (Å²) in [6.45, 7) is -0.0772. The summed E-state index contributed by atoms with van der Waals surface area (Å²) in [6.07, 6.45) is 2.98. The third kappa shape index (κ3) is 2.12. The van der Waals surface area contributed by atoms with Crippen LogP contribution in [0.1, 0.15) is 12.0 Å². The SMILES string of the molecule is O=C(O)C1CC(=O)N(c2cnccc2CO)C1. The van der Waals surface area contributed by atoms with Gasteiger partial charge in [-0.1, -0.05) is 0 Å². The lowest BCUT2D eigenvalue weighted by Crippen LogP contribution is -2.27. The van der Waals surface area contributed by atoms with Crippen LogP contribution in [0.5, 0.6) is 0 Å². The molecule has 0 aromatic carbocycles. The Balaban J connectivity index is 2.29. The number of amides is 1. The molecule has 1 aromatic heterocycles. The van der Waals surface area contributed by atoms with Gasteiger partial charge in [-0.3, -0.25) is 14.6 Å². The van der Waals surface area contributed by atoms with Crippen molar-refractivity contribution in [1.82, 2.24) is 4.98 Å². The summed E-state index contributed by atoms with van der Waals surface area (Å²) in [5.41, 5.74) is 1.06. The van der Waals surface area contributed by atoms with E-state index < -0.39 is 11.9 Å². The zero-order valence-corrected chi connectivity index (χ0v) is 9.04. The molecule has 2 N–H and O–H groups in total. The van der Waals surface area contributed by atoms with E-state index in [1.807, 2.05) is 0 Å². The topological polar surface area (TPSA) is 90.7 Å². The largest absolute Gasteiger partial charge is 0.481 e. The Morgan fingerprint density at radius 2 is 2.35 bits per heavy atom. The maximum atomic E-state index is 11.7. The van der Waals surface area contributed by atoms with Crippen molar-refractivity contribution in [2.24, 2.45) is 5.92 Å². The van der Waals surface area contributed by atoms with Gasteiger partial charge in [-0.25, -0.2) is 0 Å². The molecule has 1 atom stereocenters. The molecule has 0 saturated carbocycles. The lowest BCUT2D eigenvalue weighted by atomic mass is 10.1. The van der Waals surface area contributed by atoms with E-state index >= 15 is 0 Å². The summed E-state index contributed by atoms with van der Waals surface area (Å²) in [7, 11) is 0. The van der Waals surface area contributed by atoms with E-state index in [-0.39, 0.29) is 25.5 Å². The zero-order chi connectivity index (χ0) is 12.4. The van der Waals surface area contributed by atoms with Gasteiger partial charge < -0.3 is 15.1 Å². The summed E-state index contributed by atoms with van der Waals surface area (Å²) in [5, 5.41) is 18.0. The molecule has 2 heterocycles. The molecule has 1 fully saturated rings. The van der Waals surface area contributed by atoms with Gasteiger partial charge in [-0.15, -0.1) is 0 Å². The minimum atomic E-state index is -0.977. The minimum Gasteiger partial charge on any atom is -0.481 e. The molecule has 1 amide bonds. The number of aliphatic carboxylic acids is 1. The highest BCUT2D eigenvalue weighted by Crippen LogP contribution is 2.27. The van der Waals surface area contributed by atoms with Crippen molar-refractivity contribution in [2.75, 3.05) is 11.4 Å². The highest BCUT2D eigenvalue weighted by atomic mass is 16.4. The molecular weight excluding hydrogens is 224 g/mol. The number of aromatic nitrogens is 1. The van der Waals surface area contributed by atoms with Crippen LogP contribution >= 0.6 is 0 Å². The van der Waals surface area contributed by atoms with Crippen LogP contribution in [0.15, 0.2) is 18.5 Å². The predicted octanol–water partition coefficient (Wildman–Crippen LogP) is 0.0114. The first-order valence-electron chi connectivity index (χ1n) is 5.20. The molecule has 6 nitrogen and oxygen atoms in total. The highest BCUT2D eigenvalue weighted by Gasteiger charge is 2.35. The van der Waals surface area contributed by atoms with Crippen LogP contribution in [0.2, 0.25) is 0 Å². The van der Waals surface area contributed by atoms with Gasteiger partial charge in [-0.05, 0) is 6.07 Å². The van der Waals surface area contributed by atoms with E-state index in [1.54, 1.807) is 6.07 Å². The molecular formula is C11H12N2O4. The molecule has 0 spiro atoms. The third-order valence-corrected chi connectivity index (χ3v) is 2.82. The Morgan fingerprint density at radius 1 is 1.59 bits per heavy atom. The summed E-state index contributed by atoms with van der Waals surface area (Å²) >= 11 is 0. The fourth-order valence-corrected chi connectivity index (χ4v) is 1.90.